The normalized spacial score (nSPS) is 14.9. The summed E-state index contributed by atoms with van der Waals surface area (Å²) in [6.45, 7) is 0.421. The number of likely N-dealkylation sites (tertiary alicyclic amines) is 1. The van der Waals surface area contributed by atoms with Gasteiger partial charge >= 0.3 is 5.97 Å². The molecule has 1 fully saturated rings. The van der Waals surface area contributed by atoms with E-state index < -0.39 is 24.0 Å². The lowest BCUT2D eigenvalue weighted by atomic mass is 9.98. The minimum atomic E-state index is -0.969. The van der Waals surface area contributed by atoms with Crippen LogP contribution in [0.5, 0.6) is 11.5 Å². The number of para-hydroxylation sites is 1. The van der Waals surface area contributed by atoms with Gasteiger partial charge in [0.25, 0.3) is 5.91 Å². The van der Waals surface area contributed by atoms with Crippen LogP contribution in [0.2, 0.25) is 0 Å². The first-order valence-corrected chi connectivity index (χ1v) is 13.3. The van der Waals surface area contributed by atoms with E-state index in [1.165, 1.54) is 4.90 Å². The molecular weight excluding hydrogens is 520 g/mol. The largest absolute Gasteiger partial charge is 0.489 e. The number of amides is 2. The van der Waals surface area contributed by atoms with Crippen molar-refractivity contribution in [1.82, 2.24) is 10.2 Å². The molecule has 1 heterocycles. The summed E-state index contributed by atoms with van der Waals surface area (Å²) in [5.41, 5.74) is 2.45. The zero-order valence-corrected chi connectivity index (χ0v) is 22.3. The monoisotopic (exact) mass is 550 g/mol. The first-order valence-electron chi connectivity index (χ1n) is 13.3. The summed E-state index contributed by atoms with van der Waals surface area (Å²) >= 11 is 0. The van der Waals surface area contributed by atoms with E-state index in [-0.39, 0.29) is 25.7 Å². The summed E-state index contributed by atoms with van der Waals surface area (Å²) in [5.74, 6) is -0.162. The summed E-state index contributed by atoms with van der Waals surface area (Å²) in [7, 11) is 0. The summed E-state index contributed by atoms with van der Waals surface area (Å²) < 4.78 is 17.0. The lowest BCUT2D eigenvalue weighted by Crippen LogP contribution is -2.65. The van der Waals surface area contributed by atoms with Crippen LogP contribution in [0, 0.1) is 0 Å². The first kappa shape index (κ1) is 27.5. The Morgan fingerprint density at radius 1 is 0.732 bits per heavy atom. The molecule has 41 heavy (non-hydrogen) atoms. The van der Waals surface area contributed by atoms with Gasteiger partial charge in [0, 0.05) is 0 Å². The molecule has 8 heteroatoms. The van der Waals surface area contributed by atoms with Gasteiger partial charge in [-0.3, -0.25) is 9.59 Å². The third-order valence-electron chi connectivity index (χ3n) is 6.61. The molecule has 0 spiro atoms. The highest BCUT2D eigenvalue weighted by atomic mass is 16.5. The molecule has 1 aliphatic heterocycles. The highest BCUT2D eigenvalue weighted by Crippen LogP contribution is 2.30. The van der Waals surface area contributed by atoms with Crippen LogP contribution in [-0.4, -0.2) is 41.9 Å². The molecule has 5 rings (SSSR count). The summed E-state index contributed by atoms with van der Waals surface area (Å²) in [4.78, 5) is 40.3. The Kier molecular flexibility index (Phi) is 8.91. The Morgan fingerprint density at radius 3 is 1.90 bits per heavy atom. The van der Waals surface area contributed by atoms with Crippen molar-refractivity contribution in [2.24, 2.45) is 0 Å². The number of ether oxygens (including phenoxy) is 3. The first-order chi connectivity index (χ1) is 20.1. The van der Waals surface area contributed by atoms with Gasteiger partial charge in [0.05, 0.1) is 6.54 Å². The summed E-state index contributed by atoms with van der Waals surface area (Å²) in [5, 5.41) is 2.68. The van der Waals surface area contributed by atoms with Crippen LogP contribution in [0.4, 0.5) is 0 Å². The van der Waals surface area contributed by atoms with Crippen molar-refractivity contribution in [1.29, 1.82) is 0 Å². The van der Waals surface area contributed by atoms with E-state index in [9.17, 15) is 14.4 Å². The number of carbonyl (C=O) groups is 3. The minimum absolute atomic E-state index is 0.0768. The van der Waals surface area contributed by atoms with Gasteiger partial charge in [-0.15, -0.1) is 0 Å². The highest BCUT2D eigenvalue weighted by Gasteiger charge is 2.45. The van der Waals surface area contributed by atoms with Gasteiger partial charge in [0.1, 0.15) is 30.8 Å². The van der Waals surface area contributed by atoms with E-state index in [1.807, 2.05) is 66.7 Å². The molecule has 0 aliphatic carbocycles. The minimum Gasteiger partial charge on any atom is -0.489 e. The van der Waals surface area contributed by atoms with Crippen molar-refractivity contribution in [2.45, 2.75) is 25.3 Å². The molecule has 1 N–H and O–H groups in total. The van der Waals surface area contributed by atoms with Gasteiger partial charge < -0.3 is 24.4 Å². The second kappa shape index (κ2) is 13.3. The Hall–Kier alpha value is -5.11. The molecule has 1 aliphatic rings. The molecule has 208 valence electrons. The maximum absolute atomic E-state index is 13.3. The van der Waals surface area contributed by atoms with Gasteiger partial charge in [-0.05, 0) is 41.0 Å². The predicted molar refractivity (Wildman–Crippen MR) is 152 cm³/mol. The van der Waals surface area contributed by atoms with Crippen LogP contribution in [0.25, 0.3) is 0 Å². The second-order valence-corrected chi connectivity index (χ2v) is 9.55. The highest BCUT2D eigenvalue weighted by molar-refractivity contribution is 5.96. The third-order valence-corrected chi connectivity index (χ3v) is 6.61. The number of carbonyl (C=O) groups excluding carboxylic acids is 3. The van der Waals surface area contributed by atoms with E-state index in [2.05, 4.69) is 5.32 Å². The molecule has 2 unspecified atom stereocenters. The van der Waals surface area contributed by atoms with E-state index in [0.717, 1.165) is 11.1 Å². The summed E-state index contributed by atoms with van der Waals surface area (Å²) in [6, 6.07) is 33.4. The predicted octanol–water partition coefficient (Wildman–Crippen LogP) is 4.46. The van der Waals surface area contributed by atoms with Gasteiger partial charge in [-0.1, -0.05) is 91.0 Å². The molecule has 2 atom stereocenters. The quantitative estimate of drug-likeness (QED) is 0.207. The van der Waals surface area contributed by atoms with Crippen LogP contribution in [0.15, 0.2) is 115 Å². The van der Waals surface area contributed by atoms with Crippen LogP contribution in [0.1, 0.15) is 22.7 Å². The van der Waals surface area contributed by atoms with Crippen LogP contribution >= 0.6 is 0 Å². The fourth-order valence-electron chi connectivity index (χ4n) is 4.43. The van der Waals surface area contributed by atoms with Crippen molar-refractivity contribution in [2.75, 3.05) is 13.2 Å². The number of benzene rings is 4. The Labute approximate surface area is 238 Å². The lowest BCUT2D eigenvalue weighted by Gasteiger charge is -2.42. The van der Waals surface area contributed by atoms with E-state index >= 15 is 0 Å². The smallest absolute Gasteiger partial charge is 0.333 e. The third kappa shape index (κ3) is 7.30. The molecule has 4 aromatic rings. The molecule has 1 saturated heterocycles. The molecule has 0 radical (unpaired) electrons. The number of nitrogens with one attached hydrogen (secondary N) is 1. The van der Waals surface area contributed by atoms with Crippen molar-refractivity contribution < 1.29 is 28.6 Å². The number of β-lactam (4-membered cyclic amide) rings is 1. The van der Waals surface area contributed by atoms with Crippen molar-refractivity contribution in [3.63, 3.8) is 0 Å². The van der Waals surface area contributed by atoms with Crippen molar-refractivity contribution in [3.05, 3.63) is 132 Å². The van der Waals surface area contributed by atoms with Crippen molar-refractivity contribution >= 4 is 17.8 Å². The number of hydrogen-bond acceptors (Lipinski definition) is 6. The Bertz CT molecular complexity index is 1450. The van der Waals surface area contributed by atoms with E-state index in [4.69, 9.17) is 14.2 Å². The van der Waals surface area contributed by atoms with Gasteiger partial charge in [-0.25, -0.2) is 4.79 Å². The fraction of sp³-hybridized carbons (Fsp3) is 0.182. The molecule has 0 bridgehead atoms. The Morgan fingerprint density at radius 2 is 1.29 bits per heavy atom. The lowest BCUT2D eigenvalue weighted by molar-refractivity contribution is -0.164. The zero-order chi connectivity index (χ0) is 28.4. The van der Waals surface area contributed by atoms with Crippen LogP contribution in [-0.2, 0) is 32.3 Å². The number of esters is 1. The van der Waals surface area contributed by atoms with E-state index in [0.29, 0.717) is 23.7 Å². The SMILES string of the molecule is O=C(COc1ccccc1)NC1CN(C(C(=O)OCc2ccccc2)c2ccc(OCc3ccccc3)cc2)C1=O. The molecular formula is C33H30N2O6. The van der Waals surface area contributed by atoms with Gasteiger partial charge in [0.2, 0.25) is 5.91 Å². The topological polar surface area (TPSA) is 94.2 Å². The molecule has 0 aromatic heterocycles. The molecule has 0 saturated carbocycles. The van der Waals surface area contributed by atoms with Crippen LogP contribution in [0.3, 0.4) is 0 Å². The molecule has 4 aromatic carbocycles. The second-order valence-electron chi connectivity index (χ2n) is 9.55. The standard InChI is InChI=1S/C33H30N2O6/c36-30(23-40-27-14-8-3-9-15-27)34-29-20-35(32(29)37)31(33(38)41-22-25-12-6-2-7-13-25)26-16-18-28(19-17-26)39-21-24-10-4-1-5-11-24/h1-19,29,31H,20-23H2,(H,34,36). The maximum atomic E-state index is 13.3. The average Bonchev–Trinajstić information content (AvgIpc) is 3.03. The van der Waals surface area contributed by atoms with Crippen molar-refractivity contribution in [3.8, 4) is 11.5 Å². The Balaban J connectivity index is 1.23. The van der Waals surface area contributed by atoms with Crippen LogP contribution < -0.4 is 14.8 Å². The van der Waals surface area contributed by atoms with Gasteiger partial charge in [-0.2, -0.15) is 0 Å². The number of hydrogen-bond donors (Lipinski definition) is 1. The average molecular weight is 551 g/mol. The molecule has 8 nitrogen and oxygen atoms in total. The summed E-state index contributed by atoms with van der Waals surface area (Å²) in [6.07, 6.45) is 0. The fourth-order valence-corrected chi connectivity index (χ4v) is 4.43. The van der Waals surface area contributed by atoms with E-state index in [1.54, 1.807) is 48.5 Å². The van der Waals surface area contributed by atoms with Gasteiger partial charge in [0.15, 0.2) is 12.6 Å². The maximum Gasteiger partial charge on any atom is 0.333 e. The zero-order valence-electron chi connectivity index (χ0n) is 22.3. The molecule has 2 amide bonds. The number of rotatable bonds is 12. The number of nitrogens with zero attached hydrogens (tertiary/aromatic N) is 1.